The van der Waals surface area contributed by atoms with Gasteiger partial charge in [0.2, 0.25) is 0 Å². The van der Waals surface area contributed by atoms with Crippen molar-refractivity contribution in [2.24, 2.45) is 5.73 Å². The molecular weight excluding hydrogens is 154 g/mol. The summed E-state index contributed by atoms with van der Waals surface area (Å²) in [7, 11) is 0. The van der Waals surface area contributed by atoms with Crippen molar-refractivity contribution in [3.63, 3.8) is 0 Å². The van der Waals surface area contributed by atoms with Crippen molar-refractivity contribution in [3.05, 3.63) is 30.3 Å². The summed E-state index contributed by atoms with van der Waals surface area (Å²) in [5.74, 6) is 0.112. The zero-order valence-corrected chi connectivity index (χ0v) is 6.86. The monoisotopic (exact) mass is 165 g/mol. The van der Waals surface area contributed by atoms with Crippen molar-refractivity contribution in [3.8, 4) is 5.75 Å². The van der Waals surface area contributed by atoms with Crippen molar-refractivity contribution in [2.45, 2.75) is 13.0 Å². The molecule has 3 heteroatoms. The third-order valence-corrected chi connectivity index (χ3v) is 1.33. The second kappa shape index (κ2) is 3.88. The highest BCUT2D eigenvalue weighted by atomic mass is 16.5. The van der Waals surface area contributed by atoms with Gasteiger partial charge >= 0.3 is 5.97 Å². The van der Waals surface area contributed by atoms with Gasteiger partial charge in [-0.2, -0.15) is 0 Å². The molecule has 0 saturated heterocycles. The summed E-state index contributed by atoms with van der Waals surface area (Å²) in [6.45, 7) is 1.59. The normalized spacial score (nSPS) is 12.2. The minimum atomic E-state index is -0.579. The van der Waals surface area contributed by atoms with Gasteiger partial charge in [0.1, 0.15) is 11.8 Å². The van der Waals surface area contributed by atoms with Gasteiger partial charge in [0.15, 0.2) is 0 Å². The Kier molecular flexibility index (Phi) is 2.82. The van der Waals surface area contributed by atoms with Crippen LogP contribution in [0.15, 0.2) is 30.3 Å². The molecule has 1 aromatic carbocycles. The maximum atomic E-state index is 11.0. The molecule has 1 aromatic rings. The first-order chi connectivity index (χ1) is 5.70. The molecule has 1 rings (SSSR count). The van der Waals surface area contributed by atoms with E-state index in [1.54, 1.807) is 31.2 Å². The number of carbonyl (C=O) groups excluding carboxylic acids is 1. The van der Waals surface area contributed by atoms with E-state index in [1.165, 1.54) is 0 Å². The predicted molar refractivity (Wildman–Crippen MR) is 45.7 cm³/mol. The van der Waals surface area contributed by atoms with Gasteiger partial charge in [-0.1, -0.05) is 18.2 Å². The summed E-state index contributed by atoms with van der Waals surface area (Å²) >= 11 is 0. The van der Waals surface area contributed by atoms with Gasteiger partial charge in [0.25, 0.3) is 0 Å². The van der Waals surface area contributed by atoms with Crippen LogP contribution in [-0.4, -0.2) is 12.0 Å². The van der Waals surface area contributed by atoms with E-state index < -0.39 is 12.0 Å². The van der Waals surface area contributed by atoms with Gasteiger partial charge in [-0.05, 0) is 19.1 Å². The number of benzene rings is 1. The first kappa shape index (κ1) is 8.74. The first-order valence-corrected chi connectivity index (χ1v) is 3.72. The standard InChI is InChI=1S/C9H11NO2/c1-7(10)9(11)12-8-5-3-2-4-6-8/h2-7H,10H2,1H3. The summed E-state index contributed by atoms with van der Waals surface area (Å²) < 4.78 is 4.91. The molecule has 64 valence electrons. The number of para-hydroxylation sites is 1. The average Bonchev–Trinajstić information content (AvgIpc) is 2.06. The highest BCUT2D eigenvalue weighted by molar-refractivity contribution is 5.77. The van der Waals surface area contributed by atoms with Gasteiger partial charge in [-0.3, -0.25) is 0 Å². The minimum Gasteiger partial charge on any atom is -0.425 e. The molecule has 0 aliphatic rings. The Balaban J connectivity index is 2.59. The Hall–Kier alpha value is -1.35. The zero-order chi connectivity index (χ0) is 8.97. The van der Waals surface area contributed by atoms with Crippen LogP contribution in [0.5, 0.6) is 5.75 Å². The van der Waals surface area contributed by atoms with Crippen molar-refractivity contribution in [1.29, 1.82) is 0 Å². The molecule has 0 aromatic heterocycles. The number of hydrogen-bond acceptors (Lipinski definition) is 3. The molecule has 0 amide bonds. The second-order valence-electron chi connectivity index (χ2n) is 2.52. The molecule has 2 N–H and O–H groups in total. The molecule has 1 unspecified atom stereocenters. The molecule has 0 heterocycles. The lowest BCUT2D eigenvalue weighted by molar-refractivity contribution is -0.135. The van der Waals surface area contributed by atoms with Crippen LogP contribution in [0.3, 0.4) is 0 Å². The Bertz CT molecular complexity index is 256. The average molecular weight is 165 g/mol. The number of hydrogen-bond donors (Lipinski definition) is 1. The van der Waals surface area contributed by atoms with Crippen molar-refractivity contribution in [2.75, 3.05) is 0 Å². The van der Waals surface area contributed by atoms with Crippen LogP contribution in [0.2, 0.25) is 0 Å². The lowest BCUT2D eigenvalue weighted by Gasteiger charge is -2.05. The maximum absolute atomic E-state index is 11.0. The van der Waals surface area contributed by atoms with Gasteiger partial charge in [0, 0.05) is 0 Å². The highest BCUT2D eigenvalue weighted by Gasteiger charge is 2.08. The number of nitrogens with two attached hydrogens (primary N) is 1. The molecule has 12 heavy (non-hydrogen) atoms. The number of ether oxygens (including phenoxy) is 1. The van der Waals surface area contributed by atoms with E-state index in [1.807, 2.05) is 6.07 Å². The van der Waals surface area contributed by atoms with E-state index >= 15 is 0 Å². The zero-order valence-electron chi connectivity index (χ0n) is 6.86. The molecule has 0 saturated carbocycles. The molecule has 0 radical (unpaired) electrons. The van der Waals surface area contributed by atoms with E-state index in [0.717, 1.165) is 0 Å². The van der Waals surface area contributed by atoms with Gasteiger partial charge in [-0.15, -0.1) is 0 Å². The van der Waals surface area contributed by atoms with Crippen molar-refractivity contribution in [1.82, 2.24) is 0 Å². The van der Waals surface area contributed by atoms with E-state index in [4.69, 9.17) is 10.5 Å². The minimum absolute atomic E-state index is 0.416. The predicted octanol–water partition coefficient (Wildman–Crippen LogP) is 0.939. The molecular formula is C9H11NO2. The van der Waals surface area contributed by atoms with Crippen LogP contribution in [0.4, 0.5) is 0 Å². The van der Waals surface area contributed by atoms with Crippen LogP contribution in [-0.2, 0) is 4.79 Å². The summed E-state index contributed by atoms with van der Waals surface area (Å²) in [6, 6.07) is 8.28. The largest absolute Gasteiger partial charge is 0.425 e. The van der Waals surface area contributed by atoms with Gasteiger partial charge in [-0.25, -0.2) is 4.79 Å². The first-order valence-electron chi connectivity index (χ1n) is 3.72. The fourth-order valence-electron chi connectivity index (χ4n) is 0.698. The topological polar surface area (TPSA) is 52.3 Å². The van der Waals surface area contributed by atoms with Crippen LogP contribution in [0, 0.1) is 0 Å². The van der Waals surface area contributed by atoms with E-state index in [2.05, 4.69) is 0 Å². The highest BCUT2D eigenvalue weighted by Crippen LogP contribution is 2.08. The molecule has 3 nitrogen and oxygen atoms in total. The Labute approximate surface area is 71.1 Å². The smallest absolute Gasteiger partial charge is 0.328 e. The lowest BCUT2D eigenvalue weighted by atomic mass is 10.3. The number of rotatable bonds is 2. The molecule has 1 atom stereocenters. The van der Waals surface area contributed by atoms with Crippen LogP contribution in [0.1, 0.15) is 6.92 Å². The summed E-state index contributed by atoms with van der Waals surface area (Å²) in [4.78, 5) is 11.0. The summed E-state index contributed by atoms with van der Waals surface area (Å²) in [6.07, 6.45) is 0. The van der Waals surface area contributed by atoms with Crippen molar-refractivity contribution >= 4 is 5.97 Å². The van der Waals surface area contributed by atoms with Crippen LogP contribution in [0.25, 0.3) is 0 Å². The Morgan fingerprint density at radius 1 is 1.42 bits per heavy atom. The van der Waals surface area contributed by atoms with E-state index in [9.17, 15) is 4.79 Å². The summed E-state index contributed by atoms with van der Waals surface area (Å²) in [5.41, 5.74) is 5.31. The van der Waals surface area contributed by atoms with E-state index in [-0.39, 0.29) is 0 Å². The molecule has 0 spiro atoms. The second-order valence-corrected chi connectivity index (χ2v) is 2.52. The molecule has 0 aliphatic heterocycles. The SMILES string of the molecule is CC(N)C(=O)Oc1ccccc1. The molecule has 0 aliphatic carbocycles. The fourth-order valence-corrected chi connectivity index (χ4v) is 0.698. The summed E-state index contributed by atoms with van der Waals surface area (Å²) in [5, 5.41) is 0. The molecule has 0 bridgehead atoms. The third-order valence-electron chi connectivity index (χ3n) is 1.33. The van der Waals surface area contributed by atoms with Gasteiger partial charge < -0.3 is 10.5 Å². The van der Waals surface area contributed by atoms with Crippen LogP contribution < -0.4 is 10.5 Å². The lowest BCUT2D eigenvalue weighted by Crippen LogP contribution is -2.30. The molecule has 0 fully saturated rings. The van der Waals surface area contributed by atoms with Crippen molar-refractivity contribution < 1.29 is 9.53 Å². The fraction of sp³-hybridized carbons (Fsp3) is 0.222. The van der Waals surface area contributed by atoms with Crippen LogP contribution >= 0.6 is 0 Å². The number of esters is 1. The third kappa shape index (κ3) is 2.36. The maximum Gasteiger partial charge on any atom is 0.328 e. The van der Waals surface area contributed by atoms with E-state index in [0.29, 0.717) is 5.75 Å². The quantitative estimate of drug-likeness (QED) is 0.524. The van der Waals surface area contributed by atoms with Gasteiger partial charge in [0.05, 0.1) is 0 Å². The Morgan fingerprint density at radius 2 is 2.00 bits per heavy atom. The Morgan fingerprint density at radius 3 is 2.50 bits per heavy atom. The number of carbonyl (C=O) groups is 1.